The van der Waals surface area contributed by atoms with Crippen LogP contribution in [0.15, 0.2) is 35.1 Å². The predicted molar refractivity (Wildman–Crippen MR) is 76.4 cm³/mol. The van der Waals surface area contributed by atoms with E-state index in [2.05, 4.69) is 10.3 Å². The second kappa shape index (κ2) is 5.05. The van der Waals surface area contributed by atoms with Crippen molar-refractivity contribution in [3.05, 3.63) is 40.7 Å². The molecule has 4 heteroatoms. The highest BCUT2D eigenvalue weighted by molar-refractivity contribution is 5.83. The molecule has 100 valence electrons. The van der Waals surface area contributed by atoms with Gasteiger partial charge in [-0.1, -0.05) is 24.6 Å². The van der Waals surface area contributed by atoms with E-state index in [1.54, 1.807) is 0 Å². The van der Waals surface area contributed by atoms with Gasteiger partial charge in [-0.25, -0.2) is 0 Å². The first-order valence-corrected chi connectivity index (χ1v) is 6.78. The molecule has 19 heavy (non-hydrogen) atoms. The highest BCUT2D eigenvalue weighted by Gasteiger charge is 2.24. The van der Waals surface area contributed by atoms with Crippen molar-refractivity contribution in [2.75, 3.05) is 11.9 Å². The number of aliphatic hydroxyl groups excluding tert-OH is 1. The van der Waals surface area contributed by atoms with Crippen molar-refractivity contribution < 1.29 is 5.11 Å². The minimum atomic E-state index is -0.209. The summed E-state index contributed by atoms with van der Waals surface area (Å²) >= 11 is 0. The molecule has 0 bridgehead atoms. The second-order valence-electron chi connectivity index (χ2n) is 5.24. The van der Waals surface area contributed by atoms with Gasteiger partial charge in [0.05, 0.1) is 6.10 Å². The number of pyridine rings is 1. The van der Waals surface area contributed by atoms with E-state index in [9.17, 15) is 9.90 Å². The van der Waals surface area contributed by atoms with Crippen LogP contribution in [-0.4, -0.2) is 22.7 Å². The molecular weight excluding hydrogens is 240 g/mol. The summed E-state index contributed by atoms with van der Waals surface area (Å²) in [5.41, 5.74) is -0.0763. The van der Waals surface area contributed by atoms with Crippen LogP contribution in [0.5, 0.6) is 0 Å². The third-order valence-electron chi connectivity index (χ3n) is 3.93. The number of hydrogen-bond acceptors (Lipinski definition) is 3. The van der Waals surface area contributed by atoms with Gasteiger partial charge in [-0.15, -0.1) is 0 Å². The van der Waals surface area contributed by atoms with Crippen molar-refractivity contribution >= 4 is 16.6 Å². The summed E-state index contributed by atoms with van der Waals surface area (Å²) in [5, 5.41) is 14.6. The van der Waals surface area contributed by atoms with E-state index in [4.69, 9.17) is 0 Å². The Hall–Kier alpha value is -1.81. The van der Waals surface area contributed by atoms with E-state index in [1.165, 1.54) is 0 Å². The van der Waals surface area contributed by atoms with Crippen LogP contribution in [0.25, 0.3) is 10.8 Å². The van der Waals surface area contributed by atoms with Crippen molar-refractivity contribution in [2.24, 2.45) is 5.92 Å². The Kier molecular flexibility index (Phi) is 3.25. The quantitative estimate of drug-likeness (QED) is 0.790. The minimum absolute atomic E-state index is 0.0763. The Balaban J connectivity index is 1.80. The van der Waals surface area contributed by atoms with E-state index in [0.29, 0.717) is 11.9 Å². The largest absolute Gasteiger partial charge is 0.393 e. The zero-order valence-electron chi connectivity index (χ0n) is 10.7. The molecule has 1 aliphatic carbocycles. The van der Waals surface area contributed by atoms with Gasteiger partial charge in [0.15, 0.2) is 0 Å². The summed E-state index contributed by atoms with van der Waals surface area (Å²) in [6.45, 7) is 0.704. The van der Waals surface area contributed by atoms with Crippen molar-refractivity contribution in [3.8, 4) is 0 Å². The van der Waals surface area contributed by atoms with Crippen LogP contribution in [0.4, 0.5) is 5.82 Å². The second-order valence-corrected chi connectivity index (χ2v) is 5.24. The molecule has 3 rings (SSSR count). The normalized spacial score (nSPS) is 22.8. The Morgan fingerprint density at radius 1 is 1.32 bits per heavy atom. The molecule has 1 aromatic heterocycles. The number of aromatic amines is 1. The van der Waals surface area contributed by atoms with Gasteiger partial charge in [-0.2, -0.15) is 0 Å². The first-order valence-electron chi connectivity index (χ1n) is 6.78. The Morgan fingerprint density at radius 3 is 2.95 bits per heavy atom. The topological polar surface area (TPSA) is 65.1 Å². The Bertz CT molecular complexity index is 635. The van der Waals surface area contributed by atoms with Crippen molar-refractivity contribution in [3.63, 3.8) is 0 Å². The standard InChI is InChI=1S/C15H18N2O2/c18-13-7-3-5-11(13)9-16-14-8-10-4-1-2-6-12(10)15(19)17-14/h1-2,4,6,8,11,13,18H,3,5,7,9H2,(H2,16,17,19). The third kappa shape index (κ3) is 2.49. The lowest BCUT2D eigenvalue weighted by atomic mass is 10.1. The molecule has 0 aliphatic heterocycles. The average molecular weight is 258 g/mol. The van der Waals surface area contributed by atoms with Crippen LogP contribution in [0, 0.1) is 5.92 Å². The van der Waals surface area contributed by atoms with Crippen molar-refractivity contribution in [1.82, 2.24) is 4.98 Å². The molecule has 3 N–H and O–H groups in total. The monoisotopic (exact) mass is 258 g/mol. The number of anilines is 1. The molecule has 0 radical (unpaired) electrons. The molecule has 4 nitrogen and oxygen atoms in total. The van der Waals surface area contributed by atoms with Crippen LogP contribution in [0.1, 0.15) is 19.3 Å². The molecule has 1 aliphatic rings. The molecule has 0 amide bonds. The van der Waals surface area contributed by atoms with Gasteiger partial charge in [0.1, 0.15) is 5.82 Å². The number of hydrogen-bond donors (Lipinski definition) is 3. The number of rotatable bonds is 3. The van der Waals surface area contributed by atoms with Crippen LogP contribution in [0.2, 0.25) is 0 Å². The maximum atomic E-state index is 11.9. The van der Waals surface area contributed by atoms with E-state index in [0.717, 1.165) is 30.5 Å². The predicted octanol–water partition coefficient (Wildman–Crippen LogP) is 2.10. The lowest BCUT2D eigenvalue weighted by Crippen LogP contribution is -2.23. The summed E-state index contributed by atoms with van der Waals surface area (Å²) in [5.74, 6) is 1.01. The zero-order valence-corrected chi connectivity index (χ0v) is 10.7. The smallest absolute Gasteiger partial charge is 0.257 e. The van der Waals surface area contributed by atoms with Gasteiger partial charge in [0, 0.05) is 17.8 Å². The maximum absolute atomic E-state index is 11.9. The number of H-pyrrole nitrogens is 1. The molecular formula is C15H18N2O2. The number of benzene rings is 1. The Labute approximate surface area is 111 Å². The molecule has 2 aromatic rings. The van der Waals surface area contributed by atoms with E-state index in [1.807, 2.05) is 30.3 Å². The summed E-state index contributed by atoms with van der Waals surface area (Å²) in [7, 11) is 0. The summed E-state index contributed by atoms with van der Waals surface area (Å²) < 4.78 is 0. The minimum Gasteiger partial charge on any atom is -0.393 e. The fourth-order valence-electron chi connectivity index (χ4n) is 2.80. The van der Waals surface area contributed by atoms with Crippen molar-refractivity contribution in [1.29, 1.82) is 0 Å². The Morgan fingerprint density at radius 2 is 2.16 bits per heavy atom. The van der Waals surface area contributed by atoms with Gasteiger partial charge in [-0.3, -0.25) is 4.79 Å². The number of aliphatic hydroxyl groups is 1. The first-order chi connectivity index (χ1) is 9.24. The molecule has 1 fully saturated rings. The van der Waals surface area contributed by atoms with Crippen LogP contribution >= 0.6 is 0 Å². The summed E-state index contributed by atoms with van der Waals surface area (Å²) in [4.78, 5) is 14.8. The molecule has 0 saturated heterocycles. The first kappa shape index (κ1) is 12.2. The highest BCUT2D eigenvalue weighted by atomic mass is 16.3. The van der Waals surface area contributed by atoms with Gasteiger partial charge in [0.25, 0.3) is 5.56 Å². The highest BCUT2D eigenvalue weighted by Crippen LogP contribution is 2.25. The van der Waals surface area contributed by atoms with E-state index in [-0.39, 0.29) is 17.6 Å². The lowest BCUT2D eigenvalue weighted by Gasteiger charge is -2.15. The van der Waals surface area contributed by atoms with Gasteiger partial charge < -0.3 is 15.4 Å². The summed E-state index contributed by atoms with van der Waals surface area (Å²) in [6, 6.07) is 9.47. The fourth-order valence-corrected chi connectivity index (χ4v) is 2.80. The number of nitrogens with one attached hydrogen (secondary N) is 2. The van der Waals surface area contributed by atoms with Crippen LogP contribution < -0.4 is 10.9 Å². The van der Waals surface area contributed by atoms with Gasteiger partial charge in [0.2, 0.25) is 0 Å². The zero-order chi connectivity index (χ0) is 13.2. The molecule has 0 spiro atoms. The van der Waals surface area contributed by atoms with E-state index < -0.39 is 0 Å². The average Bonchev–Trinajstić information content (AvgIpc) is 2.82. The third-order valence-corrected chi connectivity index (χ3v) is 3.93. The number of aromatic nitrogens is 1. The van der Waals surface area contributed by atoms with Gasteiger partial charge in [-0.05, 0) is 30.4 Å². The SMILES string of the molecule is O=c1[nH]c(NCC2CCCC2O)cc2ccccc12. The van der Waals surface area contributed by atoms with Crippen LogP contribution in [-0.2, 0) is 0 Å². The number of fused-ring (bicyclic) bond motifs is 1. The van der Waals surface area contributed by atoms with E-state index >= 15 is 0 Å². The molecule has 2 atom stereocenters. The van der Waals surface area contributed by atoms with Crippen molar-refractivity contribution in [2.45, 2.75) is 25.4 Å². The molecule has 1 aromatic carbocycles. The fraction of sp³-hybridized carbons (Fsp3) is 0.400. The molecule has 1 saturated carbocycles. The lowest BCUT2D eigenvalue weighted by molar-refractivity contribution is 0.138. The molecule has 1 heterocycles. The summed E-state index contributed by atoms with van der Waals surface area (Å²) in [6.07, 6.45) is 2.81. The van der Waals surface area contributed by atoms with Gasteiger partial charge >= 0.3 is 0 Å². The maximum Gasteiger partial charge on any atom is 0.257 e. The van der Waals surface area contributed by atoms with Crippen LogP contribution in [0.3, 0.4) is 0 Å². The molecule has 2 unspecified atom stereocenters.